The fraction of sp³-hybridized carbons (Fsp3) is 0.333. The molecular weight excluding hydrogens is 299 g/mol. The molecule has 2 aromatic carbocycles. The van der Waals surface area contributed by atoms with Crippen LogP contribution in [0, 0.1) is 0 Å². The monoisotopic (exact) mass is 316 g/mol. The maximum atomic E-state index is 11.3. The largest absolute Gasteiger partial charge is 1.00 e. The van der Waals surface area contributed by atoms with E-state index in [1.165, 1.54) is 6.07 Å². The zero-order valence-electron chi connectivity index (χ0n) is 11.9. The van der Waals surface area contributed by atoms with E-state index in [-0.39, 0.29) is 56.3 Å². The number of hydrogen-bond donors (Lipinski definition) is 0. The van der Waals surface area contributed by atoms with Crippen molar-refractivity contribution in [3.05, 3.63) is 42.0 Å². The van der Waals surface area contributed by atoms with Crippen LogP contribution in [-0.2, 0) is 16.5 Å². The van der Waals surface area contributed by atoms with Gasteiger partial charge in [-0.25, -0.2) is 8.42 Å². The summed E-state index contributed by atoms with van der Waals surface area (Å²) in [6, 6.07) is 10.5. The van der Waals surface area contributed by atoms with Crippen LogP contribution < -0.4 is 51.4 Å². The molecule has 0 spiro atoms. The van der Waals surface area contributed by atoms with E-state index in [0.29, 0.717) is 5.39 Å². The van der Waals surface area contributed by atoms with Crippen LogP contribution in [-0.4, -0.2) is 13.0 Å². The Bertz CT molecular complexity index is 681. The van der Waals surface area contributed by atoms with Crippen LogP contribution in [0.1, 0.15) is 31.7 Å². The van der Waals surface area contributed by atoms with Crippen LogP contribution in [0.25, 0.3) is 10.8 Å². The van der Waals surface area contributed by atoms with Crippen molar-refractivity contribution in [1.29, 1.82) is 0 Å². The molecule has 0 saturated heterocycles. The predicted octanol–water partition coefficient (Wildman–Crippen LogP) is 0.481. The Hall–Kier alpha value is 0.246. The van der Waals surface area contributed by atoms with Crippen molar-refractivity contribution in [1.82, 2.24) is 0 Å². The minimum atomic E-state index is -4.42. The van der Waals surface area contributed by atoms with Gasteiger partial charge in [0.15, 0.2) is 0 Å². The van der Waals surface area contributed by atoms with Crippen molar-refractivity contribution >= 4 is 20.9 Å². The third-order valence-electron chi connectivity index (χ3n) is 3.24. The van der Waals surface area contributed by atoms with Gasteiger partial charge in [-0.15, -0.1) is 0 Å². The molecule has 102 valence electrons. The van der Waals surface area contributed by atoms with E-state index in [2.05, 4.69) is 6.92 Å². The van der Waals surface area contributed by atoms with Crippen LogP contribution in [0.5, 0.6) is 0 Å². The van der Waals surface area contributed by atoms with Crippen molar-refractivity contribution in [3.63, 3.8) is 0 Å². The Labute approximate surface area is 162 Å². The van der Waals surface area contributed by atoms with Gasteiger partial charge in [0.2, 0.25) is 0 Å². The third kappa shape index (κ3) is 4.63. The maximum Gasteiger partial charge on any atom is 1.00 e. The molecule has 0 saturated carbocycles. The number of aryl methyl sites for hydroxylation is 1. The number of unbranched alkanes of at least 4 members (excludes halogenated alkanes) is 2. The summed E-state index contributed by atoms with van der Waals surface area (Å²) >= 11 is 0. The molecular formula is C15H17KO3S. The molecule has 0 aliphatic carbocycles. The van der Waals surface area contributed by atoms with Gasteiger partial charge in [-0.1, -0.05) is 44.0 Å². The molecule has 0 amide bonds. The second-order valence-corrected chi connectivity index (χ2v) is 6.07. The standard InChI is InChI=1S/C15H18O3S.K/c1-2-3-4-6-12-9-10-13-7-5-8-15(14(13)11-12)19(16,17)18;/h5,7-11H,2-4,6H2,1H3,(H,16,17,18);/q;+1/p-1. The molecule has 0 atom stereocenters. The Kier molecular flexibility index (Phi) is 7.35. The van der Waals surface area contributed by atoms with Crippen molar-refractivity contribution in [2.45, 2.75) is 37.5 Å². The van der Waals surface area contributed by atoms with E-state index in [4.69, 9.17) is 0 Å². The Balaban J connectivity index is 0.00000200. The predicted molar refractivity (Wildman–Crippen MR) is 75.1 cm³/mol. The van der Waals surface area contributed by atoms with E-state index in [1.807, 2.05) is 24.3 Å². The van der Waals surface area contributed by atoms with Gasteiger partial charge in [0, 0.05) is 0 Å². The summed E-state index contributed by atoms with van der Waals surface area (Å²) in [5.41, 5.74) is 1.08. The molecule has 20 heavy (non-hydrogen) atoms. The van der Waals surface area contributed by atoms with Crippen LogP contribution in [0.15, 0.2) is 41.3 Å². The molecule has 0 aliphatic heterocycles. The van der Waals surface area contributed by atoms with Crippen molar-refractivity contribution in [2.75, 3.05) is 0 Å². The van der Waals surface area contributed by atoms with Gasteiger partial charge in [-0.05, 0) is 41.3 Å². The summed E-state index contributed by atoms with van der Waals surface area (Å²) in [7, 11) is -4.42. The molecule has 3 nitrogen and oxygen atoms in total. The second kappa shape index (κ2) is 8.03. The van der Waals surface area contributed by atoms with Gasteiger partial charge in [0.1, 0.15) is 10.1 Å². The van der Waals surface area contributed by atoms with E-state index >= 15 is 0 Å². The van der Waals surface area contributed by atoms with E-state index < -0.39 is 10.1 Å². The first-order chi connectivity index (χ1) is 9.02. The second-order valence-electron chi connectivity index (χ2n) is 4.72. The average Bonchev–Trinajstić information content (AvgIpc) is 2.37. The fourth-order valence-corrected chi connectivity index (χ4v) is 2.94. The minimum Gasteiger partial charge on any atom is -0.744 e. The van der Waals surface area contributed by atoms with Crippen LogP contribution in [0.2, 0.25) is 0 Å². The zero-order valence-corrected chi connectivity index (χ0v) is 15.9. The van der Waals surface area contributed by atoms with Crippen LogP contribution in [0.3, 0.4) is 0 Å². The number of rotatable bonds is 5. The van der Waals surface area contributed by atoms with Gasteiger partial charge in [-0.2, -0.15) is 0 Å². The first-order valence-electron chi connectivity index (χ1n) is 6.50. The quantitative estimate of drug-likeness (QED) is 0.458. The Morgan fingerprint density at radius 2 is 1.85 bits per heavy atom. The third-order valence-corrected chi connectivity index (χ3v) is 4.14. The topological polar surface area (TPSA) is 57.2 Å². The zero-order chi connectivity index (χ0) is 13.9. The molecule has 0 aromatic heterocycles. The Morgan fingerprint density at radius 1 is 1.10 bits per heavy atom. The molecule has 0 heterocycles. The van der Waals surface area contributed by atoms with Gasteiger partial charge >= 0.3 is 51.4 Å². The van der Waals surface area contributed by atoms with Gasteiger partial charge in [0.25, 0.3) is 0 Å². The number of fused-ring (bicyclic) bond motifs is 1. The minimum absolute atomic E-state index is 0. The van der Waals surface area contributed by atoms with E-state index in [1.54, 1.807) is 6.07 Å². The van der Waals surface area contributed by atoms with Gasteiger partial charge in [-0.3, -0.25) is 0 Å². The first kappa shape index (κ1) is 18.3. The molecule has 0 N–H and O–H groups in total. The summed E-state index contributed by atoms with van der Waals surface area (Å²) in [4.78, 5) is -0.123. The summed E-state index contributed by atoms with van der Waals surface area (Å²) in [5, 5.41) is 1.32. The smallest absolute Gasteiger partial charge is 0.744 e. The van der Waals surface area contributed by atoms with Crippen molar-refractivity contribution < 1.29 is 64.4 Å². The molecule has 5 heteroatoms. The maximum absolute atomic E-state index is 11.3. The number of hydrogen-bond acceptors (Lipinski definition) is 3. The molecule has 0 unspecified atom stereocenters. The van der Waals surface area contributed by atoms with Gasteiger partial charge in [0.05, 0.1) is 4.90 Å². The van der Waals surface area contributed by atoms with Crippen LogP contribution >= 0.6 is 0 Å². The summed E-state index contributed by atoms with van der Waals surface area (Å²) in [5.74, 6) is 0. The molecule has 0 radical (unpaired) electrons. The molecule has 0 aliphatic rings. The first-order valence-corrected chi connectivity index (χ1v) is 7.91. The molecule has 2 aromatic rings. The van der Waals surface area contributed by atoms with Crippen molar-refractivity contribution in [2.24, 2.45) is 0 Å². The van der Waals surface area contributed by atoms with E-state index in [0.717, 1.165) is 36.6 Å². The number of benzene rings is 2. The molecule has 0 bridgehead atoms. The fourth-order valence-electron chi connectivity index (χ4n) is 2.24. The molecule has 0 fully saturated rings. The Morgan fingerprint density at radius 3 is 2.50 bits per heavy atom. The summed E-state index contributed by atoms with van der Waals surface area (Å²) in [6.45, 7) is 2.14. The normalized spacial score (nSPS) is 11.3. The SMILES string of the molecule is CCCCCc1ccc2cccc(S(=O)(=O)[O-])c2c1.[K+]. The summed E-state index contributed by atoms with van der Waals surface area (Å²) < 4.78 is 33.8. The van der Waals surface area contributed by atoms with Gasteiger partial charge < -0.3 is 4.55 Å². The van der Waals surface area contributed by atoms with Crippen molar-refractivity contribution in [3.8, 4) is 0 Å². The van der Waals surface area contributed by atoms with Crippen LogP contribution in [0.4, 0.5) is 0 Å². The summed E-state index contributed by atoms with van der Waals surface area (Å²) in [6.07, 6.45) is 4.29. The average molecular weight is 316 g/mol. The molecule has 2 rings (SSSR count). The van der Waals surface area contributed by atoms with E-state index in [9.17, 15) is 13.0 Å².